The Morgan fingerprint density at radius 2 is 1.96 bits per heavy atom. The summed E-state index contributed by atoms with van der Waals surface area (Å²) in [5.41, 5.74) is 1.11. The molecule has 1 unspecified atom stereocenters. The molecule has 27 heavy (non-hydrogen) atoms. The summed E-state index contributed by atoms with van der Waals surface area (Å²) >= 11 is 0. The van der Waals surface area contributed by atoms with Gasteiger partial charge in [-0.05, 0) is 36.8 Å². The largest absolute Gasteiger partial charge is 0.454 e. The summed E-state index contributed by atoms with van der Waals surface area (Å²) in [5, 5.41) is 3.29. The zero-order valence-electron chi connectivity index (χ0n) is 15.7. The predicted octanol–water partition coefficient (Wildman–Crippen LogP) is 2.62. The van der Waals surface area contributed by atoms with E-state index in [1.54, 1.807) is 0 Å². The number of hydrogen-bond donors (Lipinski definition) is 1. The highest BCUT2D eigenvalue weighted by molar-refractivity contribution is 7.85. The average Bonchev–Trinajstić information content (AvgIpc) is 3.15. The number of nitrogens with one attached hydrogen (secondary N) is 1. The monoisotopic (exact) mass is 387 g/mol. The Bertz CT molecular complexity index is 811. The van der Waals surface area contributed by atoms with E-state index in [-0.39, 0.29) is 6.79 Å². The molecule has 3 rings (SSSR count). The zero-order valence-corrected chi connectivity index (χ0v) is 16.5. The molecular formula is C20H25N3O3S. The van der Waals surface area contributed by atoms with Crippen molar-refractivity contribution in [1.82, 2.24) is 10.2 Å². The normalized spacial score (nSPS) is 14.1. The first-order valence-electron chi connectivity index (χ1n) is 8.98. The van der Waals surface area contributed by atoms with E-state index < -0.39 is 10.8 Å². The summed E-state index contributed by atoms with van der Waals surface area (Å²) in [6, 6.07) is 15.4. The van der Waals surface area contributed by atoms with E-state index in [4.69, 9.17) is 9.47 Å². The van der Waals surface area contributed by atoms with Crippen LogP contribution in [0.2, 0.25) is 0 Å². The van der Waals surface area contributed by atoms with Gasteiger partial charge in [0.05, 0.1) is 17.3 Å². The number of nitrogens with zero attached hydrogens (tertiary/aromatic N) is 2. The second-order valence-corrected chi connectivity index (χ2v) is 7.71. The molecule has 6 nitrogen and oxygen atoms in total. The van der Waals surface area contributed by atoms with Crippen molar-refractivity contribution in [2.75, 3.05) is 32.7 Å². The lowest BCUT2D eigenvalue weighted by Gasteiger charge is -2.22. The molecule has 1 aliphatic rings. The lowest BCUT2D eigenvalue weighted by molar-refractivity contribution is 0.174. The number of hydrogen-bond acceptors (Lipinski definition) is 4. The minimum absolute atomic E-state index is 0.275. The smallest absolute Gasteiger partial charge is 0.231 e. The summed E-state index contributed by atoms with van der Waals surface area (Å²) in [4.78, 5) is 7.52. The maximum Gasteiger partial charge on any atom is 0.231 e. The van der Waals surface area contributed by atoms with Gasteiger partial charge in [-0.2, -0.15) is 0 Å². The van der Waals surface area contributed by atoms with E-state index >= 15 is 0 Å². The molecule has 0 aromatic heterocycles. The minimum atomic E-state index is -1.04. The maximum atomic E-state index is 12.3. The summed E-state index contributed by atoms with van der Waals surface area (Å²) in [6.07, 6.45) is 0. The fourth-order valence-electron chi connectivity index (χ4n) is 2.78. The Labute approximate surface area is 162 Å². The SMILES string of the molecule is CCNC(=NCCS(=O)c1ccccc1)N(C)Cc1ccc2c(c1)OCO2. The summed E-state index contributed by atoms with van der Waals surface area (Å²) < 4.78 is 23.1. The summed E-state index contributed by atoms with van der Waals surface area (Å²) in [6.45, 7) is 4.26. The second kappa shape index (κ2) is 9.41. The number of ether oxygens (including phenoxy) is 2. The molecule has 144 valence electrons. The lowest BCUT2D eigenvalue weighted by atomic mass is 10.2. The summed E-state index contributed by atoms with van der Waals surface area (Å²) in [7, 11) is 0.948. The van der Waals surface area contributed by atoms with Crippen LogP contribution in [0.4, 0.5) is 0 Å². The van der Waals surface area contributed by atoms with E-state index in [1.165, 1.54) is 0 Å². The Balaban J connectivity index is 1.60. The Kier molecular flexibility index (Phi) is 6.70. The van der Waals surface area contributed by atoms with Crippen LogP contribution >= 0.6 is 0 Å². The third-order valence-electron chi connectivity index (χ3n) is 4.10. The zero-order chi connectivity index (χ0) is 19.1. The van der Waals surface area contributed by atoms with Crippen LogP contribution in [-0.2, 0) is 17.3 Å². The van der Waals surface area contributed by atoms with Gasteiger partial charge < -0.3 is 19.7 Å². The van der Waals surface area contributed by atoms with Gasteiger partial charge in [-0.3, -0.25) is 9.20 Å². The van der Waals surface area contributed by atoms with Crippen molar-refractivity contribution in [2.45, 2.75) is 18.4 Å². The molecule has 2 aromatic carbocycles. The molecule has 0 amide bonds. The molecule has 0 fully saturated rings. The molecule has 0 bridgehead atoms. The average molecular weight is 388 g/mol. The van der Waals surface area contributed by atoms with Crippen molar-refractivity contribution in [2.24, 2.45) is 4.99 Å². The Morgan fingerprint density at radius 1 is 1.19 bits per heavy atom. The fraction of sp³-hybridized carbons (Fsp3) is 0.350. The van der Waals surface area contributed by atoms with E-state index in [9.17, 15) is 4.21 Å². The van der Waals surface area contributed by atoms with E-state index in [0.29, 0.717) is 18.8 Å². The highest BCUT2D eigenvalue weighted by Gasteiger charge is 2.14. The first-order chi connectivity index (χ1) is 13.2. The van der Waals surface area contributed by atoms with Crippen molar-refractivity contribution in [1.29, 1.82) is 0 Å². The number of fused-ring (bicyclic) bond motifs is 1. The first kappa shape index (κ1) is 19.2. The third kappa shape index (κ3) is 5.23. The molecule has 0 saturated carbocycles. The minimum Gasteiger partial charge on any atom is -0.454 e. The van der Waals surface area contributed by atoms with Crippen molar-refractivity contribution in [3.63, 3.8) is 0 Å². The van der Waals surface area contributed by atoms with Gasteiger partial charge in [0.15, 0.2) is 17.5 Å². The van der Waals surface area contributed by atoms with Crippen LogP contribution in [0.25, 0.3) is 0 Å². The third-order valence-corrected chi connectivity index (χ3v) is 5.45. The van der Waals surface area contributed by atoms with Crippen LogP contribution in [0, 0.1) is 0 Å². The van der Waals surface area contributed by atoms with Gasteiger partial charge in [0, 0.05) is 30.8 Å². The number of guanidine groups is 1. The van der Waals surface area contributed by atoms with Crippen LogP contribution in [0.1, 0.15) is 12.5 Å². The molecule has 0 aliphatic carbocycles. The van der Waals surface area contributed by atoms with Gasteiger partial charge in [0.1, 0.15) is 0 Å². The van der Waals surface area contributed by atoms with Crippen molar-refractivity contribution < 1.29 is 13.7 Å². The van der Waals surface area contributed by atoms with E-state index in [2.05, 4.69) is 10.3 Å². The summed E-state index contributed by atoms with van der Waals surface area (Å²) in [5.74, 6) is 2.85. The van der Waals surface area contributed by atoms with Gasteiger partial charge >= 0.3 is 0 Å². The van der Waals surface area contributed by atoms with E-state index in [1.807, 2.05) is 67.4 Å². The van der Waals surface area contributed by atoms with Crippen LogP contribution < -0.4 is 14.8 Å². The van der Waals surface area contributed by atoms with Gasteiger partial charge in [0.2, 0.25) is 6.79 Å². The second-order valence-electron chi connectivity index (χ2n) is 6.14. The molecule has 1 aliphatic heterocycles. The van der Waals surface area contributed by atoms with Crippen molar-refractivity contribution >= 4 is 16.8 Å². The van der Waals surface area contributed by atoms with Crippen LogP contribution in [0.3, 0.4) is 0 Å². The molecule has 1 N–H and O–H groups in total. The maximum absolute atomic E-state index is 12.3. The molecule has 7 heteroatoms. The molecule has 0 saturated heterocycles. The van der Waals surface area contributed by atoms with Crippen LogP contribution in [-0.4, -0.2) is 47.8 Å². The fourth-order valence-corrected chi connectivity index (χ4v) is 3.74. The van der Waals surface area contributed by atoms with Gasteiger partial charge in [-0.25, -0.2) is 0 Å². The Hall–Kier alpha value is -2.54. The quantitative estimate of drug-likeness (QED) is 0.585. The predicted molar refractivity (Wildman–Crippen MR) is 108 cm³/mol. The van der Waals surface area contributed by atoms with Crippen LogP contribution in [0.15, 0.2) is 58.4 Å². The van der Waals surface area contributed by atoms with Crippen molar-refractivity contribution in [3.05, 3.63) is 54.1 Å². The first-order valence-corrected chi connectivity index (χ1v) is 10.3. The van der Waals surface area contributed by atoms with Gasteiger partial charge in [-0.1, -0.05) is 24.3 Å². The molecule has 1 heterocycles. The standard InChI is InChI=1S/C20H25N3O3S/c1-3-21-20(22-11-12-27(24)17-7-5-4-6-8-17)23(2)14-16-9-10-18-19(13-16)26-15-25-18/h4-10,13H,3,11-12,14-15H2,1-2H3,(H,21,22). The van der Waals surface area contributed by atoms with Crippen molar-refractivity contribution in [3.8, 4) is 11.5 Å². The lowest BCUT2D eigenvalue weighted by Crippen LogP contribution is -2.38. The van der Waals surface area contributed by atoms with E-state index in [0.717, 1.165) is 34.5 Å². The Morgan fingerprint density at radius 3 is 2.74 bits per heavy atom. The molecule has 2 aromatic rings. The molecule has 1 atom stereocenters. The highest BCUT2D eigenvalue weighted by Crippen LogP contribution is 2.32. The topological polar surface area (TPSA) is 63.2 Å². The highest BCUT2D eigenvalue weighted by atomic mass is 32.2. The molecule has 0 spiro atoms. The van der Waals surface area contributed by atoms with Crippen LogP contribution in [0.5, 0.6) is 11.5 Å². The van der Waals surface area contributed by atoms with Gasteiger partial charge in [0.25, 0.3) is 0 Å². The number of benzene rings is 2. The number of rotatable bonds is 7. The molecule has 0 radical (unpaired) electrons. The number of aliphatic imine (C=N–C) groups is 1. The van der Waals surface area contributed by atoms with Gasteiger partial charge in [-0.15, -0.1) is 0 Å². The molecular weight excluding hydrogens is 362 g/mol.